The monoisotopic (exact) mass is 235 g/mol. The smallest absolute Gasteiger partial charge is 0.132 e. The van der Waals surface area contributed by atoms with Gasteiger partial charge in [0.05, 0.1) is 20.6 Å². The van der Waals surface area contributed by atoms with Gasteiger partial charge in [0, 0.05) is 6.42 Å². The van der Waals surface area contributed by atoms with E-state index in [2.05, 4.69) is 59.1 Å². The Morgan fingerprint density at radius 1 is 1.06 bits per heavy atom. The molecule has 0 heterocycles. The molecule has 0 aliphatic rings. The fourth-order valence-electron chi connectivity index (χ4n) is 1.98. The molecule has 0 saturated heterocycles. The summed E-state index contributed by atoms with van der Waals surface area (Å²) in [6.45, 7) is 8.59. The predicted octanol–water partition coefficient (Wildman–Crippen LogP) is 2.90. The second kappa shape index (κ2) is 5.19. The molecule has 1 aromatic carbocycles. The molecule has 0 atom stereocenters. The summed E-state index contributed by atoms with van der Waals surface area (Å²) < 4.78 is 0.904. The Hall–Kier alpha value is -0.860. The zero-order valence-electron chi connectivity index (χ0n) is 12.0. The predicted molar refractivity (Wildman–Crippen MR) is 77.3 cm³/mol. The molecule has 0 amide bonds. The zero-order chi connectivity index (χ0) is 13.1. The molecule has 2 N–H and O–H groups in total. The van der Waals surface area contributed by atoms with Gasteiger partial charge in [-0.3, -0.25) is 4.48 Å². The number of nitrogens with zero attached hydrogens (tertiary/aromatic N) is 1. The van der Waals surface area contributed by atoms with E-state index in [1.165, 1.54) is 11.3 Å². The second-order valence-corrected chi connectivity index (χ2v) is 6.35. The Balaban J connectivity index is 2.87. The van der Waals surface area contributed by atoms with Gasteiger partial charge in [0.15, 0.2) is 0 Å². The van der Waals surface area contributed by atoms with Crippen LogP contribution in [0.15, 0.2) is 24.3 Å². The fourth-order valence-corrected chi connectivity index (χ4v) is 1.98. The van der Waals surface area contributed by atoms with Gasteiger partial charge in [0.1, 0.15) is 5.69 Å². The van der Waals surface area contributed by atoms with Gasteiger partial charge in [-0.05, 0) is 29.7 Å². The topological polar surface area (TPSA) is 26.0 Å². The molecule has 0 aliphatic carbocycles. The molecule has 0 unspecified atom stereocenters. The van der Waals surface area contributed by atoms with Crippen molar-refractivity contribution in [3.05, 3.63) is 29.8 Å². The highest BCUT2D eigenvalue weighted by atomic mass is 15.3. The lowest BCUT2D eigenvalue weighted by atomic mass is 9.87. The fraction of sp³-hybridized carbons (Fsp3) is 0.600. The average molecular weight is 235 g/mol. The lowest BCUT2D eigenvalue weighted by molar-refractivity contribution is 0.393. The quantitative estimate of drug-likeness (QED) is 0.798. The van der Waals surface area contributed by atoms with Crippen LogP contribution in [0.1, 0.15) is 32.8 Å². The Labute approximate surface area is 106 Å². The lowest BCUT2D eigenvalue weighted by Crippen LogP contribution is -2.42. The van der Waals surface area contributed by atoms with Crippen LogP contribution >= 0.6 is 0 Å². The van der Waals surface area contributed by atoms with Crippen molar-refractivity contribution in [1.29, 1.82) is 0 Å². The summed E-state index contributed by atoms with van der Waals surface area (Å²) in [7, 11) is 4.48. The third-order valence-corrected chi connectivity index (χ3v) is 3.35. The number of hydrogen-bond acceptors (Lipinski definition) is 1. The van der Waals surface area contributed by atoms with Crippen LogP contribution in [0.4, 0.5) is 5.69 Å². The van der Waals surface area contributed by atoms with Crippen LogP contribution in [-0.2, 0) is 5.41 Å². The van der Waals surface area contributed by atoms with Crippen molar-refractivity contribution in [2.45, 2.75) is 32.6 Å². The molecule has 0 saturated carbocycles. The summed E-state index contributed by atoms with van der Waals surface area (Å²) >= 11 is 0. The molecular weight excluding hydrogens is 208 g/mol. The van der Waals surface area contributed by atoms with Crippen molar-refractivity contribution in [1.82, 2.24) is 4.48 Å². The first-order chi connectivity index (χ1) is 7.77. The highest BCUT2D eigenvalue weighted by molar-refractivity contribution is 5.44. The van der Waals surface area contributed by atoms with Gasteiger partial charge < -0.3 is 5.73 Å². The van der Waals surface area contributed by atoms with Gasteiger partial charge in [0.25, 0.3) is 0 Å². The molecule has 17 heavy (non-hydrogen) atoms. The lowest BCUT2D eigenvalue weighted by Gasteiger charge is -2.30. The van der Waals surface area contributed by atoms with Crippen LogP contribution in [0.2, 0.25) is 0 Å². The highest BCUT2D eigenvalue weighted by Gasteiger charge is 2.19. The maximum absolute atomic E-state index is 5.58. The third kappa shape index (κ3) is 3.83. The Morgan fingerprint density at radius 3 is 2.00 bits per heavy atom. The van der Waals surface area contributed by atoms with Crippen molar-refractivity contribution >= 4 is 5.69 Å². The largest absolute Gasteiger partial charge is 0.330 e. The minimum Gasteiger partial charge on any atom is -0.330 e. The van der Waals surface area contributed by atoms with Crippen molar-refractivity contribution in [2.75, 3.05) is 27.2 Å². The molecule has 2 nitrogen and oxygen atoms in total. The van der Waals surface area contributed by atoms with Crippen LogP contribution in [-0.4, -0.2) is 27.2 Å². The number of nitrogens with two attached hydrogens (primary N) is 1. The summed E-state index contributed by atoms with van der Waals surface area (Å²) in [6, 6.07) is 8.99. The van der Waals surface area contributed by atoms with E-state index in [0.29, 0.717) is 0 Å². The molecule has 2 heteroatoms. The van der Waals surface area contributed by atoms with E-state index in [1.807, 2.05) is 0 Å². The van der Waals surface area contributed by atoms with E-state index < -0.39 is 0 Å². The van der Waals surface area contributed by atoms with Crippen LogP contribution in [0.5, 0.6) is 0 Å². The van der Waals surface area contributed by atoms with E-state index >= 15 is 0 Å². The zero-order valence-corrected chi connectivity index (χ0v) is 12.0. The first-order valence-corrected chi connectivity index (χ1v) is 6.41. The Morgan fingerprint density at radius 2 is 1.59 bits per heavy atom. The van der Waals surface area contributed by atoms with Crippen LogP contribution in [0, 0.1) is 0 Å². The van der Waals surface area contributed by atoms with Gasteiger partial charge >= 0.3 is 0 Å². The van der Waals surface area contributed by atoms with E-state index in [1.54, 1.807) is 0 Å². The summed E-state index contributed by atoms with van der Waals surface area (Å²) in [4.78, 5) is 0. The minimum absolute atomic E-state index is 0.229. The van der Waals surface area contributed by atoms with Crippen LogP contribution < -0.4 is 10.2 Å². The summed E-state index contributed by atoms with van der Waals surface area (Å²) in [5.41, 5.74) is 8.56. The first-order valence-electron chi connectivity index (χ1n) is 6.41. The molecule has 96 valence electrons. The molecule has 0 radical (unpaired) electrons. The SMILES string of the molecule is CC(C)(C)c1ccc([N+](C)(C)CCCN)cc1. The number of quaternary nitrogens is 1. The molecule has 0 aliphatic heterocycles. The van der Waals surface area contributed by atoms with Gasteiger partial charge in [-0.2, -0.15) is 0 Å². The second-order valence-electron chi connectivity index (χ2n) is 6.35. The van der Waals surface area contributed by atoms with Crippen LogP contribution in [0.25, 0.3) is 0 Å². The molecule has 0 aromatic heterocycles. The molecule has 0 bridgehead atoms. The normalized spacial score (nSPS) is 12.8. The maximum Gasteiger partial charge on any atom is 0.132 e. The minimum atomic E-state index is 0.229. The van der Waals surface area contributed by atoms with E-state index in [-0.39, 0.29) is 5.41 Å². The molecule has 1 rings (SSSR count). The number of hydrogen-bond donors (Lipinski definition) is 1. The third-order valence-electron chi connectivity index (χ3n) is 3.35. The molecule has 0 fully saturated rings. The summed E-state index contributed by atoms with van der Waals surface area (Å²) in [6.07, 6.45) is 1.06. The van der Waals surface area contributed by atoms with Gasteiger partial charge in [-0.15, -0.1) is 0 Å². The van der Waals surface area contributed by atoms with E-state index in [0.717, 1.165) is 24.0 Å². The van der Waals surface area contributed by atoms with Crippen molar-refractivity contribution in [3.63, 3.8) is 0 Å². The van der Waals surface area contributed by atoms with E-state index in [9.17, 15) is 0 Å². The molecular formula is C15H27N2+. The molecule has 0 spiro atoms. The van der Waals surface area contributed by atoms with Crippen molar-refractivity contribution in [2.24, 2.45) is 5.73 Å². The number of benzene rings is 1. The van der Waals surface area contributed by atoms with Gasteiger partial charge in [0.2, 0.25) is 0 Å². The van der Waals surface area contributed by atoms with E-state index in [4.69, 9.17) is 5.73 Å². The number of rotatable bonds is 4. The highest BCUT2D eigenvalue weighted by Crippen LogP contribution is 2.26. The first kappa shape index (κ1) is 14.2. The molecule has 1 aromatic rings. The van der Waals surface area contributed by atoms with Crippen LogP contribution in [0.3, 0.4) is 0 Å². The summed E-state index contributed by atoms with van der Waals surface area (Å²) in [5.74, 6) is 0. The van der Waals surface area contributed by atoms with Crippen molar-refractivity contribution in [3.8, 4) is 0 Å². The van der Waals surface area contributed by atoms with Crippen molar-refractivity contribution < 1.29 is 0 Å². The Bertz CT molecular complexity index is 344. The van der Waals surface area contributed by atoms with Gasteiger partial charge in [-0.1, -0.05) is 32.9 Å². The average Bonchev–Trinajstić information content (AvgIpc) is 2.25. The summed E-state index contributed by atoms with van der Waals surface area (Å²) in [5, 5.41) is 0. The Kier molecular flexibility index (Phi) is 4.34. The standard InChI is InChI=1S/C15H27N2/c1-15(2,3)13-7-9-14(10-8-13)17(4,5)12-6-11-16/h7-10H,6,11-12,16H2,1-5H3/q+1. The van der Waals surface area contributed by atoms with Gasteiger partial charge in [-0.25, -0.2) is 0 Å². The maximum atomic E-state index is 5.58.